The number of carboxylic acid groups (broad SMARTS) is 1. The second kappa shape index (κ2) is 12.0. The molecule has 0 bridgehead atoms. The maximum absolute atomic E-state index is 15.1. The average Bonchev–Trinajstić information content (AvgIpc) is 2.82. The Morgan fingerprint density at radius 2 is 1.58 bits per heavy atom. The van der Waals surface area contributed by atoms with E-state index in [2.05, 4.69) is 0 Å². The van der Waals surface area contributed by atoms with Gasteiger partial charge in [-0.05, 0) is 36.1 Å². The summed E-state index contributed by atoms with van der Waals surface area (Å²) in [5, 5.41) is 30.8. The van der Waals surface area contributed by atoms with Gasteiger partial charge in [-0.25, -0.2) is 8.78 Å². The van der Waals surface area contributed by atoms with Gasteiger partial charge in [-0.3, -0.25) is 4.18 Å². The van der Waals surface area contributed by atoms with Crippen LogP contribution in [0.2, 0.25) is 0 Å². The normalized spacial score (nSPS) is 13.8. The van der Waals surface area contributed by atoms with E-state index in [0.29, 0.717) is 18.2 Å². The monoisotopic (exact) mass is 549 g/mol. The number of carboxylic acids is 1. The zero-order chi connectivity index (χ0) is 28.1. The largest absolute Gasteiger partial charge is 0.545 e. The number of aliphatic hydroxyl groups excluding tert-OH is 1. The molecule has 0 heterocycles. The number of aromatic carboxylic acids is 1. The van der Waals surface area contributed by atoms with Gasteiger partial charge in [-0.15, -0.1) is 0 Å². The highest BCUT2D eigenvalue weighted by molar-refractivity contribution is 7.86. The molecular weight excluding hydrogens is 522 g/mol. The molecular formula is C27H27F2O8S-. The van der Waals surface area contributed by atoms with Gasteiger partial charge in [0.15, 0.2) is 0 Å². The Kier molecular flexibility index (Phi) is 9.21. The predicted molar refractivity (Wildman–Crippen MR) is 132 cm³/mol. The molecule has 0 radical (unpaired) electrons. The Bertz CT molecular complexity index is 1360. The fraction of sp³-hybridized carbons (Fsp3) is 0.296. The molecule has 0 saturated heterocycles. The van der Waals surface area contributed by atoms with Crippen molar-refractivity contribution in [2.75, 3.05) is 6.26 Å². The number of alkyl halides is 2. The van der Waals surface area contributed by atoms with Crippen LogP contribution in [0.4, 0.5) is 8.78 Å². The molecule has 0 aliphatic rings. The highest BCUT2D eigenvalue weighted by atomic mass is 32.2. The maximum Gasteiger partial charge on any atom is 0.306 e. The van der Waals surface area contributed by atoms with Crippen LogP contribution >= 0.6 is 0 Å². The van der Waals surface area contributed by atoms with Gasteiger partial charge in [0.25, 0.3) is 10.1 Å². The van der Waals surface area contributed by atoms with E-state index >= 15 is 8.78 Å². The van der Waals surface area contributed by atoms with E-state index in [-0.39, 0.29) is 12.4 Å². The molecule has 0 aliphatic heterocycles. The first-order valence-electron chi connectivity index (χ1n) is 11.5. The number of hydrogen-bond acceptors (Lipinski definition) is 8. The van der Waals surface area contributed by atoms with Crippen LogP contribution in [0, 0.1) is 0 Å². The van der Waals surface area contributed by atoms with Crippen LogP contribution in [0.15, 0.2) is 72.8 Å². The molecule has 11 heteroatoms. The topological polar surface area (TPSA) is 133 Å². The van der Waals surface area contributed by atoms with E-state index in [4.69, 9.17) is 8.92 Å². The molecule has 0 unspecified atom stereocenters. The number of hydrogen-bond donors (Lipinski definition) is 2. The van der Waals surface area contributed by atoms with Gasteiger partial charge < -0.3 is 24.9 Å². The highest BCUT2D eigenvalue weighted by Crippen LogP contribution is 2.45. The zero-order valence-electron chi connectivity index (χ0n) is 20.6. The summed E-state index contributed by atoms with van der Waals surface area (Å²) >= 11 is 0. The fourth-order valence-corrected chi connectivity index (χ4v) is 4.89. The van der Waals surface area contributed by atoms with Gasteiger partial charge >= 0.3 is 5.92 Å². The van der Waals surface area contributed by atoms with Gasteiger partial charge in [0.2, 0.25) is 6.29 Å². The SMILES string of the molecule is C[C@@H](OS(C)(=O)=O)[C@@H](c1c(OCc2cccc(Cc3ccccc3)c2)cccc1C(=O)[O-])C(F)(F)C(O)O. The fourth-order valence-electron chi connectivity index (χ4n) is 4.22. The molecule has 3 aromatic rings. The van der Waals surface area contributed by atoms with Crippen molar-refractivity contribution in [2.24, 2.45) is 0 Å². The summed E-state index contributed by atoms with van der Waals surface area (Å²) in [6.07, 6.45) is -3.93. The zero-order valence-corrected chi connectivity index (χ0v) is 21.4. The van der Waals surface area contributed by atoms with Crippen molar-refractivity contribution < 1.29 is 46.2 Å². The lowest BCUT2D eigenvalue weighted by atomic mass is 9.84. The van der Waals surface area contributed by atoms with E-state index in [1.807, 2.05) is 42.5 Å². The second-order valence-corrected chi connectivity index (χ2v) is 10.4. The van der Waals surface area contributed by atoms with Crippen molar-refractivity contribution in [3.63, 3.8) is 0 Å². The van der Waals surface area contributed by atoms with Crippen LogP contribution in [-0.2, 0) is 27.3 Å². The molecule has 0 aliphatic carbocycles. The molecule has 0 saturated carbocycles. The van der Waals surface area contributed by atoms with Crippen molar-refractivity contribution in [1.29, 1.82) is 0 Å². The second-order valence-electron chi connectivity index (χ2n) is 8.81. The quantitative estimate of drug-likeness (QED) is 0.260. The van der Waals surface area contributed by atoms with Gasteiger partial charge in [-0.2, -0.15) is 8.42 Å². The number of carbonyl (C=O) groups is 1. The van der Waals surface area contributed by atoms with Crippen LogP contribution in [-0.4, -0.2) is 49.2 Å². The Morgan fingerprint density at radius 3 is 2.18 bits per heavy atom. The molecule has 38 heavy (non-hydrogen) atoms. The first-order valence-corrected chi connectivity index (χ1v) is 13.3. The lowest BCUT2D eigenvalue weighted by Gasteiger charge is -2.34. The Labute approximate surface area is 219 Å². The molecule has 2 N–H and O–H groups in total. The van der Waals surface area contributed by atoms with Crippen LogP contribution in [0.5, 0.6) is 5.75 Å². The van der Waals surface area contributed by atoms with Crippen molar-refractivity contribution in [3.05, 3.63) is 101 Å². The number of carbonyl (C=O) groups excluding carboxylic acids is 1. The first kappa shape index (κ1) is 29.2. The van der Waals surface area contributed by atoms with Crippen molar-refractivity contribution >= 4 is 16.1 Å². The lowest BCUT2D eigenvalue weighted by Crippen LogP contribution is -2.46. The van der Waals surface area contributed by atoms with E-state index in [1.165, 1.54) is 12.1 Å². The molecule has 8 nitrogen and oxygen atoms in total. The summed E-state index contributed by atoms with van der Waals surface area (Å²) < 4.78 is 64.1. The molecule has 0 aromatic heterocycles. The summed E-state index contributed by atoms with van der Waals surface area (Å²) in [5.41, 5.74) is 1.23. The number of rotatable bonds is 12. The minimum atomic E-state index is -4.44. The summed E-state index contributed by atoms with van der Waals surface area (Å²) in [6, 6.07) is 20.4. The minimum absolute atomic E-state index is 0.159. The standard InChI is InChI=1S/C27H28F2O8S/c1-17(37-38(2,34)35)24(27(28,29)26(32)33)23-21(25(30)31)12-7-13-22(23)36-16-20-11-6-10-19(15-20)14-18-8-4-3-5-9-18/h3-13,15,17,24,26,32-33H,14,16H2,1-2H3,(H,30,31)/p-1/t17-,24+/m1/s1. The van der Waals surface area contributed by atoms with Gasteiger partial charge in [0.05, 0.1) is 24.2 Å². The lowest BCUT2D eigenvalue weighted by molar-refractivity contribution is -0.255. The minimum Gasteiger partial charge on any atom is -0.545 e. The summed E-state index contributed by atoms with van der Waals surface area (Å²) in [6.45, 7) is 0.790. The summed E-state index contributed by atoms with van der Waals surface area (Å²) in [7, 11) is -4.29. The highest BCUT2D eigenvalue weighted by Gasteiger charge is 2.52. The number of halogens is 2. The van der Waals surface area contributed by atoms with Crippen LogP contribution in [0.1, 0.15) is 45.5 Å². The number of aliphatic hydroxyl groups is 2. The van der Waals surface area contributed by atoms with Crippen molar-refractivity contribution in [3.8, 4) is 5.75 Å². The molecule has 0 spiro atoms. The van der Waals surface area contributed by atoms with E-state index < -0.39 is 51.4 Å². The summed E-state index contributed by atoms with van der Waals surface area (Å²) in [5.74, 6) is -9.08. The van der Waals surface area contributed by atoms with Crippen LogP contribution < -0.4 is 9.84 Å². The van der Waals surface area contributed by atoms with E-state index in [9.17, 15) is 28.5 Å². The predicted octanol–water partition coefficient (Wildman–Crippen LogP) is 2.61. The molecule has 3 rings (SSSR count). The van der Waals surface area contributed by atoms with Gasteiger partial charge in [0, 0.05) is 11.1 Å². The molecule has 3 aromatic carbocycles. The van der Waals surface area contributed by atoms with E-state index in [0.717, 1.165) is 24.1 Å². The van der Waals surface area contributed by atoms with Gasteiger partial charge in [-0.1, -0.05) is 66.7 Å². The Hall–Kier alpha value is -3.38. The molecule has 204 valence electrons. The molecule has 2 atom stereocenters. The smallest absolute Gasteiger partial charge is 0.306 e. The third kappa shape index (κ3) is 7.35. The van der Waals surface area contributed by atoms with Crippen molar-refractivity contribution in [1.82, 2.24) is 0 Å². The third-order valence-electron chi connectivity index (χ3n) is 5.79. The average molecular weight is 550 g/mol. The summed E-state index contributed by atoms with van der Waals surface area (Å²) in [4.78, 5) is 11.9. The molecule has 0 fully saturated rings. The molecule has 0 amide bonds. The number of benzene rings is 3. The Morgan fingerprint density at radius 1 is 0.974 bits per heavy atom. The van der Waals surface area contributed by atoms with Crippen molar-refractivity contribution in [2.45, 2.75) is 44.2 Å². The number of ether oxygens (including phenoxy) is 1. The third-order valence-corrected chi connectivity index (χ3v) is 6.44. The Balaban J connectivity index is 2.01. The maximum atomic E-state index is 15.1. The van der Waals surface area contributed by atoms with E-state index in [1.54, 1.807) is 12.1 Å². The van der Waals surface area contributed by atoms with Crippen LogP contribution in [0.25, 0.3) is 0 Å². The first-order chi connectivity index (χ1) is 17.8. The van der Waals surface area contributed by atoms with Crippen LogP contribution in [0.3, 0.4) is 0 Å². The van der Waals surface area contributed by atoms with Gasteiger partial charge in [0.1, 0.15) is 12.4 Å².